The quantitative estimate of drug-likeness (QED) is 0.922. The van der Waals surface area contributed by atoms with Crippen LogP contribution in [-0.2, 0) is 11.3 Å². The van der Waals surface area contributed by atoms with Crippen LogP contribution in [0.4, 0.5) is 0 Å². The zero-order valence-electron chi connectivity index (χ0n) is 14.9. The summed E-state index contributed by atoms with van der Waals surface area (Å²) in [4.78, 5) is 15.1. The Morgan fingerprint density at radius 1 is 1.12 bits per heavy atom. The maximum Gasteiger partial charge on any atom is 0.250 e. The molecule has 0 bridgehead atoms. The fourth-order valence-electron chi connectivity index (χ4n) is 3.68. The Morgan fingerprint density at radius 3 is 2.81 bits per heavy atom. The second kappa shape index (κ2) is 7.75. The van der Waals surface area contributed by atoms with Crippen LogP contribution in [0.2, 0.25) is 0 Å². The minimum atomic E-state index is -0.00827. The van der Waals surface area contributed by atoms with Gasteiger partial charge >= 0.3 is 0 Å². The van der Waals surface area contributed by atoms with E-state index < -0.39 is 0 Å². The van der Waals surface area contributed by atoms with Gasteiger partial charge in [0, 0.05) is 24.7 Å². The maximum atomic E-state index is 12.7. The molecule has 26 heavy (non-hydrogen) atoms. The van der Waals surface area contributed by atoms with E-state index in [1.54, 1.807) is 0 Å². The first-order valence-corrected chi connectivity index (χ1v) is 9.27. The van der Waals surface area contributed by atoms with Crippen LogP contribution in [0.3, 0.4) is 0 Å². The lowest BCUT2D eigenvalue weighted by Gasteiger charge is -2.33. The summed E-state index contributed by atoms with van der Waals surface area (Å²) in [6.07, 6.45) is 4.08. The number of benzene rings is 2. The van der Waals surface area contributed by atoms with Crippen LogP contribution < -0.4 is 10.1 Å². The van der Waals surface area contributed by atoms with Crippen molar-refractivity contribution in [1.82, 2.24) is 10.2 Å². The van der Waals surface area contributed by atoms with Crippen LogP contribution >= 0.6 is 0 Å². The van der Waals surface area contributed by atoms with Crippen LogP contribution in [0.5, 0.6) is 5.75 Å². The van der Waals surface area contributed by atoms with Gasteiger partial charge in [0.15, 0.2) is 0 Å². The smallest absolute Gasteiger partial charge is 0.250 e. The number of amides is 1. The molecule has 2 aliphatic rings. The fourth-order valence-corrected chi connectivity index (χ4v) is 3.68. The first-order valence-electron chi connectivity index (χ1n) is 9.27. The summed E-state index contributed by atoms with van der Waals surface area (Å²) in [5.74, 6) is 0.835. The number of carbonyl (C=O) groups excluding carboxylic acids is 1. The molecule has 2 aromatic rings. The van der Waals surface area contributed by atoms with E-state index in [0.717, 1.165) is 43.8 Å². The van der Waals surface area contributed by atoms with E-state index in [9.17, 15) is 4.79 Å². The van der Waals surface area contributed by atoms with Crippen LogP contribution in [0.25, 0.3) is 6.08 Å². The van der Waals surface area contributed by atoms with Crippen molar-refractivity contribution in [3.63, 3.8) is 0 Å². The van der Waals surface area contributed by atoms with Gasteiger partial charge in [-0.05, 0) is 37.1 Å². The Balaban J connectivity index is 1.36. The molecule has 4 rings (SSSR count). The zero-order chi connectivity index (χ0) is 17.8. The number of nitrogens with zero attached hydrogens (tertiary/aromatic N) is 1. The van der Waals surface area contributed by atoms with Crippen molar-refractivity contribution in [2.45, 2.75) is 25.4 Å². The van der Waals surface area contributed by atoms with E-state index in [1.165, 1.54) is 5.56 Å². The minimum Gasteiger partial charge on any atom is -0.488 e. The van der Waals surface area contributed by atoms with Gasteiger partial charge in [-0.25, -0.2) is 0 Å². The van der Waals surface area contributed by atoms with Crippen LogP contribution in [0.1, 0.15) is 24.0 Å². The van der Waals surface area contributed by atoms with E-state index >= 15 is 0 Å². The number of rotatable bonds is 4. The van der Waals surface area contributed by atoms with E-state index in [1.807, 2.05) is 36.4 Å². The van der Waals surface area contributed by atoms with Crippen molar-refractivity contribution in [2.75, 3.05) is 19.7 Å². The van der Waals surface area contributed by atoms with Gasteiger partial charge in [0.05, 0.1) is 5.57 Å². The standard InChI is InChI=1S/C22H24N2O2/c25-22(19-13-18-9-4-5-11-21(18)26-16-19)23-20-10-6-12-24(15-20)14-17-7-2-1-3-8-17/h1-5,7-9,11,13,20H,6,10,12,14-16H2,(H,23,25)/t20-/m0/s1. The Bertz CT molecular complexity index is 801. The predicted octanol–water partition coefficient (Wildman–Crippen LogP) is 3.24. The first kappa shape index (κ1) is 16.9. The molecule has 0 radical (unpaired) electrons. The number of para-hydroxylation sites is 1. The average Bonchev–Trinajstić information content (AvgIpc) is 2.68. The number of ether oxygens (including phenoxy) is 1. The largest absolute Gasteiger partial charge is 0.488 e. The Labute approximate surface area is 154 Å². The van der Waals surface area contributed by atoms with Crippen molar-refractivity contribution in [3.05, 3.63) is 71.3 Å². The normalized spacial score (nSPS) is 19.8. The lowest BCUT2D eigenvalue weighted by molar-refractivity contribution is -0.118. The Kier molecular flexibility index (Phi) is 5.02. The molecule has 0 spiro atoms. The van der Waals surface area contributed by atoms with Crippen LogP contribution in [0, 0.1) is 0 Å². The highest BCUT2D eigenvalue weighted by Gasteiger charge is 2.24. The van der Waals surface area contributed by atoms with Crippen LogP contribution in [0.15, 0.2) is 60.2 Å². The molecule has 4 nitrogen and oxygen atoms in total. The van der Waals surface area contributed by atoms with E-state index in [4.69, 9.17) is 4.74 Å². The molecular formula is C22H24N2O2. The van der Waals surface area contributed by atoms with Crippen molar-refractivity contribution < 1.29 is 9.53 Å². The molecule has 2 heterocycles. The number of carbonyl (C=O) groups is 1. The summed E-state index contributed by atoms with van der Waals surface area (Å²) in [6.45, 7) is 3.25. The third-order valence-electron chi connectivity index (χ3n) is 5.01. The van der Waals surface area contributed by atoms with E-state index in [2.05, 4.69) is 34.5 Å². The summed E-state index contributed by atoms with van der Waals surface area (Å²) in [5.41, 5.74) is 2.99. The third kappa shape index (κ3) is 3.97. The molecule has 2 aromatic carbocycles. The molecule has 1 N–H and O–H groups in total. The molecule has 0 aliphatic carbocycles. The van der Waals surface area contributed by atoms with Gasteiger partial charge < -0.3 is 10.1 Å². The average molecular weight is 348 g/mol. The topological polar surface area (TPSA) is 41.6 Å². The number of piperidine rings is 1. The van der Waals surface area contributed by atoms with Crippen LogP contribution in [-0.4, -0.2) is 36.5 Å². The van der Waals surface area contributed by atoms with Crippen molar-refractivity contribution in [1.29, 1.82) is 0 Å². The summed E-state index contributed by atoms with van der Waals surface area (Å²) in [7, 11) is 0. The minimum absolute atomic E-state index is 0.00827. The van der Waals surface area contributed by atoms with Gasteiger partial charge in [0.2, 0.25) is 0 Å². The molecule has 0 unspecified atom stereocenters. The molecule has 4 heteroatoms. The molecule has 0 aromatic heterocycles. The van der Waals surface area contributed by atoms with Gasteiger partial charge in [-0.2, -0.15) is 0 Å². The molecular weight excluding hydrogens is 324 g/mol. The number of nitrogens with one attached hydrogen (secondary N) is 1. The van der Waals surface area contributed by atoms with E-state index in [-0.39, 0.29) is 11.9 Å². The van der Waals surface area contributed by atoms with E-state index in [0.29, 0.717) is 12.2 Å². The van der Waals surface area contributed by atoms with Crippen molar-refractivity contribution in [2.24, 2.45) is 0 Å². The highest BCUT2D eigenvalue weighted by molar-refractivity contribution is 5.99. The highest BCUT2D eigenvalue weighted by Crippen LogP contribution is 2.26. The lowest BCUT2D eigenvalue weighted by Crippen LogP contribution is -2.48. The summed E-state index contributed by atoms with van der Waals surface area (Å²) >= 11 is 0. The summed E-state index contributed by atoms with van der Waals surface area (Å²) < 4.78 is 5.71. The first-order chi connectivity index (χ1) is 12.8. The molecule has 1 amide bonds. The van der Waals surface area contributed by atoms with Gasteiger partial charge in [0.25, 0.3) is 5.91 Å². The number of fused-ring (bicyclic) bond motifs is 1. The van der Waals surface area contributed by atoms with Gasteiger partial charge in [-0.15, -0.1) is 0 Å². The number of likely N-dealkylation sites (tertiary alicyclic amines) is 1. The molecule has 134 valence electrons. The number of hydrogen-bond acceptors (Lipinski definition) is 3. The molecule has 1 saturated heterocycles. The summed E-state index contributed by atoms with van der Waals surface area (Å²) in [6, 6.07) is 18.5. The lowest BCUT2D eigenvalue weighted by atomic mass is 10.0. The van der Waals surface area contributed by atoms with Crippen molar-refractivity contribution >= 4 is 12.0 Å². The Morgan fingerprint density at radius 2 is 1.92 bits per heavy atom. The van der Waals surface area contributed by atoms with Gasteiger partial charge in [0.1, 0.15) is 12.4 Å². The second-order valence-electron chi connectivity index (χ2n) is 7.03. The van der Waals surface area contributed by atoms with Gasteiger partial charge in [-0.3, -0.25) is 9.69 Å². The predicted molar refractivity (Wildman–Crippen MR) is 103 cm³/mol. The number of hydrogen-bond donors (Lipinski definition) is 1. The van der Waals surface area contributed by atoms with Gasteiger partial charge in [-0.1, -0.05) is 48.5 Å². The van der Waals surface area contributed by atoms with Crippen molar-refractivity contribution in [3.8, 4) is 5.75 Å². The molecule has 1 atom stereocenters. The second-order valence-corrected chi connectivity index (χ2v) is 7.03. The summed E-state index contributed by atoms with van der Waals surface area (Å²) in [5, 5.41) is 3.21. The molecule has 2 aliphatic heterocycles. The third-order valence-corrected chi connectivity index (χ3v) is 5.01. The Hall–Kier alpha value is -2.59. The SMILES string of the molecule is O=C(N[C@H]1CCCN(Cc2ccccc2)C1)C1=Cc2ccccc2OC1. The zero-order valence-corrected chi connectivity index (χ0v) is 14.9. The highest BCUT2D eigenvalue weighted by atomic mass is 16.5. The monoisotopic (exact) mass is 348 g/mol. The molecule has 1 fully saturated rings. The fraction of sp³-hybridized carbons (Fsp3) is 0.318. The maximum absolute atomic E-state index is 12.7. The molecule has 0 saturated carbocycles.